The zero-order chi connectivity index (χ0) is 14.4. The van der Waals surface area contributed by atoms with Crippen molar-refractivity contribution in [2.45, 2.75) is 26.9 Å². The molecule has 2 aromatic rings. The van der Waals surface area contributed by atoms with Crippen molar-refractivity contribution >= 4 is 11.3 Å². The quantitative estimate of drug-likeness (QED) is 0.818. The summed E-state index contributed by atoms with van der Waals surface area (Å²) in [6.07, 6.45) is 5.23. The number of aryl methyl sites for hydroxylation is 2. The highest BCUT2D eigenvalue weighted by molar-refractivity contribution is 7.12. The third-order valence-electron chi connectivity index (χ3n) is 3.12. The molecule has 0 atom stereocenters. The first-order valence-electron chi connectivity index (χ1n) is 6.61. The van der Waals surface area contributed by atoms with Crippen LogP contribution in [0.5, 0.6) is 5.75 Å². The zero-order valence-corrected chi connectivity index (χ0v) is 12.7. The Balaban J connectivity index is 1.92. The van der Waals surface area contributed by atoms with Crippen LogP contribution in [0.25, 0.3) is 0 Å². The van der Waals surface area contributed by atoms with Gasteiger partial charge in [-0.15, -0.1) is 17.8 Å². The smallest absolute Gasteiger partial charge is 0.148 e. The number of hydrogen-bond donors (Lipinski definition) is 1. The minimum Gasteiger partial charge on any atom is -0.481 e. The van der Waals surface area contributed by atoms with Crippen LogP contribution in [0, 0.1) is 26.2 Å². The van der Waals surface area contributed by atoms with E-state index in [0.29, 0.717) is 6.61 Å². The van der Waals surface area contributed by atoms with Gasteiger partial charge in [0.2, 0.25) is 0 Å². The molecule has 0 radical (unpaired) electrons. The third-order valence-corrected chi connectivity index (χ3v) is 4.27. The maximum absolute atomic E-state index is 5.54. The molecule has 1 N–H and O–H groups in total. The lowest BCUT2D eigenvalue weighted by atomic mass is 10.2. The Morgan fingerprint density at radius 2 is 2.05 bits per heavy atom. The molecular weight excluding hydrogens is 266 g/mol. The molecular formula is C17H19NOS. The summed E-state index contributed by atoms with van der Waals surface area (Å²) in [7, 11) is 0. The summed E-state index contributed by atoms with van der Waals surface area (Å²) in [6.45, 7) is 6.27. The second-order valence-corrected chi connectivity index (χ2v) is 6.00. The molecule has 2 rings (SSSR count). The number of rotatable bonds is 6. The second kappa shape index (κ2) is 7.14. The van der Waals surface area contributed by atoms with E-state index in [4.69, 9.17) is 11.2 Å². The van der Waals surface area contributed by atoms with Gasteiger partial charge in [0, 0.05) is 28.4 Å². The Bertz CT molecular complexity index is 590. The van der Waals surface area contributed by atoms with Crippen LogP contribution in [0.3, 0.4) is 0 Å². The molecule has 0 aliphatic heterocycles. The molecule has 20 heavy (non-hydrogen) atoms. The monoisotopic (exact) mass is 285 g/mol. The van der Waals surface area contributed by atoms with Gasteiger partial charge >= 0.3 is 0 Å². The molecule has 104 valence electrons. The van der Waals surface area contributed by atoms with Crippen molar-refractivity contribution in [3.63, 3.8) is 0 Å². The molecule has 3 heteroatoms. The fourth-order valence-electron chi connectivity index (χ4n) is 1.97. The number of nitrogens with one attached hydrogen (secondary N) is 1. The van der Waals surface area contributed by atoms with Gasteiger partial charge in [0.1, 0.15) is 12.4 Å². The number of para-hydroxylation sites is 1. The van der Waals surface area contributed by atoms with E-state index in [1.165, 1.54) is 15.3 Å². The maximum atomic E-state index is 5.54. The Labute approximate surface area is 124 Å². The van der Waals surface area contributed by atoms with Crippen molar-refractivity contribution in [3.8, 4) is 18.1 Å². The highest BCUT2D eigenvalue weighted by Gasteiger charge is 2.04. The molecule has 1 aromatic heterocycles. The average molecular weight is 285 g/mol. The van der Waals surface area contributed by atoms with Crippen LogP contribution in [0.15, 0.2) is 30.3 Å². The largest absolute Gasteiger partial charge is 0.481 e. The molecule has 0 saturated heterocycles. The van der Waals surface area contributed by atoms with Gasteiger partial charge in [-0.1, -0.05) is 24.1 Å². The number of thiophene rings is 1. The van der Waals surface area contributed by atoms with E-state index in [0.717, 1.165) is 24.4 Å². The lowest BCUT2D eigenvalue weighted by molar-refractivity contribution is 0.365. The zero-order valence-electron chi connectivity index (χ0n) is 11.9. The lowest BCUT2D eigenvalue weighted by Crippen LogP contribution is -2.13. The van der Waals surface area contributed by atoms with E-state index in [-0.39, 0.29) is 0 Å². The molecule has 0 aliphatic rings. The van der Waals surface area contributed by atoms with Gasteiger partial charge in [-0.25, -0.2) is 0 Å². The van der Waals surface area contributed by atoms with Gasteiger partial charge in [0.05, 0.1) is 0 Å². The van der Waals surface area contributed by atoms with E-state index in [2.05, 4.69) is 37.2 Å². The van der Waals surface area contributed by atoms with E-state index < -0.39 is 0 Å². The molecule has 0 unspecified atom stereocenters. The minimum atomic E-state index is 0.306. The normalized spacial score (nSPS) is 10.2. The summed E-state index contributed by atoms with van der Waals surface area (Å²) in [6, 6.07) is 10.2. The molecule has 1 heterocycles. The highest BCUT2D eigenvalue weighted by Crippen LogP contribution is 2.21. The van der Waals surface area contributed by atoms with Crippen LogP contribution in [0.1, 0.15) is 20.9 Å². The van der Waals surface area contributed by atoms with E-state index in [1.54, 1.807) is 0 Å². The maximum Gasteiger partial charge on any atom is 0.148 e. The van der Waals surface area contributed by atoms with Gasteiger partial charge in [-0.2, -0.15) is 0 Å². The van der Waals surface area contributed by atoms with Crippen molar-refractivity contribution in [1.29, 1.82) is 0 Å². The van der Waals surface area contributed by atoms with Crippen molar-refractivity contribution in [2.75, 3.05) is 6.61 Å². The summed E-state index contributed by atoms with van der Waals surface area (Å²) < 4.78 is 5.54. The number of hydrogen-bond acceptors (Lipinski definition) is 3. The summed E-state index contributed by atoms with van der Waals surface area (Å²) in [5, 5.41) is 3.45. The predicted molar refractivity (Wildman–Crippen MR) is 85.1 cm³/mol. The third kappa shape index (κ3) is 3.86. The van der Waals surface area contributed by atoms with Crippen molar-refractivity contribution in [3.05, 3.63) is 51.2 Å². The van der Waals surface area contributed by atoms with Crippen molar-refractivity contribution in [1.82, 2.24) is 5.32 Å². The van der Waals surface area contributed by atoms with Crippen LogP contribution >= 0.6 is 11.3 Å². The minimum absolute atomic E-state index is 0.306. The molecule has 2 nitrogen and oxygen atoms in total. The number of terminal acetylenes is 1. The summed E-state index contributed by atoms with van der Waals surface area (Å²) >= 11 is 1.85. The van der Waals surface area contributed by atoms with Crippen LogP contribution in [-0.2, 0) is 13.1 Å². The molecule has 0 spiro atoms. The van der Waals surface area contributed by atoms with Gasteiger partial charge < -0.3 is 10.1 Å². The van der Waals surface area contributed by atoms with Gasteiger partial charge in [0.25, 0.3) is 0 Å². The Kier molecular flexibility index (Phi) is 5.23. The highest BCUT2D eigenvalue weighted by atomic mass is 32.1. The van der Waals surface area contributed by atoms with E-state index >= 15 is 0 Å². The Hall–Kier alpha value is -1.76. The Morgan fingerprint density at radius 1 is 1.25 bits per heavy atom. The first kappa shape index (κ1) is 14.6. The Morgan fingerprint density at radius 3 is 2.75 bits per heavy atom. The summed E-state index contributed by atoms with van der Waals surface area (Å²) in [5.74, 6) is 3.35. The van der Waals surface area contributed by atoms with Gasteiger partial charge in [-0.3, -0.25) is 0 Å². The fraction of sp³-hybridized carbons (Fsp3) is 0.294. The standard InChI is InChI=1S/C17H19NOS/c1-4-9-19-17-8-6-5-7-15(17)11-18-12-16-10-13(2)14(3)20-16/h1,5-8,10,18H,9,11-12H2,2-3H3. The molecule has 0 fully saturated rings. The number of ether oxygens (including phenoxy) is 1. The fourth-order valence-corrected chi connectivity index (χ4v) is 2.99. The summed E-state index contributed by atoms with van der Waals surface area (Å²) in [4.78, 5) is 2.75. The predicted octanol–water partition coefficient (Wildman–Crippen LogP) is 3.67. The lowest BCUT2D eigenvalue weighted by Gasteiger charge is -2.10. The van der Waals surface area contributed by atoms with Crippen molar-refractivity contribution < 1.29 is 4.74 Å². The SMILES string of the molecule is C#CCOc1ccccc1CNCc1cc(C)c(C)s1. The van der Waals surface area contributed by atoms with Crippen molar-refractivity contribution in [2.24, 2.45) is 0 Å². The van der Waals surface area contributed by atoms with Gasteiger partial charge in [-0.05, 0) is 31.5 Å². The molecule has 0 amide bonds. The van der Waals surface area contributed by atoms with E-state index in [9.17, 15) is 0 Å². The van der Waals surface area contributed by atoms with Crippen LogP contribution < -0.4 is 10.1 Å². The summed E-state index contributed by atoms with van der Waals surface area (Å²) in [5.41, 5.74) is 2.50. The van der Waals surface area contributed by atoms with Crippen LogP contribution in [0.2, 0.25) is 0 Å². The first-order valence-corrected chi connectivity index (χ1v) is 7.43. The second-order valence-electron chi connectivity index (χ2n) is 4.66. The van der Waals surface area contributed by atoms with Crippen LogP contribution in [0.4, 0.5) is 0 Å². The molecule has 0 aliphatic carbocycles. The molecule has 0 bridgehead atoms. The molecule has 1 aromatic carbocycles. The molecule has 0 saturated carbocycles. The average Bonchev–Trinajstić information content (AvgIpc) is 2.76. The topological polar surface area (TPSA) is 21.3 Å². The van der Waals surface area contributed by atoms with Gasteiger partial charge in [0.15, 0.2) is 0 Å². The first-order chi connectivity index (χ1) is 9.70. The van der Waals surface area contributed by atoms with E-state index in [1.807, 2.05) is 29.5 Å². The van der Waals surface area contributed by atoms with Crippen LogP contribution in [-0.4, -0.2) is 6.61 Å². The number of benzene rings is 1.